The first kappa shape index (κ1) is 30.6. The monoisotopic (exact) mass is 574 g/mol. The molecule has 2 amide bonds. The van der Waals surface area contributed by atoms with Gasteiger partial charge in [0.05, 0.1) is 13.2 Å². The number of carboxylic acid groups (broad SMARTS) is 1. The summed E-state index contributed by atoms with van der Waals surface area (Å²) in [5, 5.41) is 20.8. The van der Waals surface area contributed by atoms with Crippen LogP contribution in [0.2, 0.25) is 0 Å². The molecule has 1 aliphatic rings. The zero-order valence-electron chi connectivity index (χ0n) is 24.3. The van der Waals surface area contributed by atoms with Gasteiger partial charge in [0, 0.05) is 18.7 Å². The molecule has 0 aliphatic carbocycles. The highest BCUT2D eigenvalue weighted by atomic mass is 16.5. The Morgan fingerprint density at radius 3 is 2.57 bits per heavy atom. The number of aliphatic carboxylic acids is 1. The molecule has 0 bridgehead atoms. The predicted octanol–water partition coefficient (Wildman–Crippen LogP) is 5.17. The van der Waals surface area contributed by atoms with Gasteiger partial charge in [-0.1, -0.05) is 42.5 Å². The molecule has 1 unspecified atom stereocenters. The van der Waals surface area contributed by atoms with Gasteiger partial charge in [0.15, 0.2) is 5.54 Å². The van der Waals surface area contributed by atoms with Crippen LogP contribution in [0.15, 0.2) is 60.7 Å². The third-order valence-corrected chi connectivity index (χ3v) is 7.67. The average molecular weight is 575 g/mol. The normalized spacial score (nSPS) is 14.0. The quantitative estimate of drug-likeness (QED) is 0.270. The Labute approximate surface area is 246 Å². The van der Waals surface area contributed by atoms with E-state index >= 15 is 0 Å². The van der Waals surface area contributed by atoms with Crippen LogP contribution >= 0.6 is 0 Å². The number of carboxylic acids is 1. The summed E-state index contributed by atoms with van der Waals surface area (Å²) in [6.45, 7) is 5.57. The van der Waals surface area contributed by atoms with Crippen molar-refractivity contribution in [2.45, 2.75) is 58.6 Å². The van der Waals surface area contributed by atoms with E-state index in [0.29, 0.717) is 31.6 Å². The molecule has 1 heterocycles. The van der Waals surface area contributed by atoms with Crippen LogP contribution in [0.1, 0.15) is 48.4 Å². The zero-order chi connectivity index (χ0) is 30.3. The Bertz CT molecular complexity index is 1450. The highest BCUT2D eigenvalue weighted by Crippen LogP contribution is 2.36. The third-order valence-electron chi connectivity index (χ3n) is 7.67. The van der Waals surface area contributed by atoms with Gasteiger partial charge >= 0.3 is 12.1 Å². The van der Waals surface area contributed by atoms with E-state index in [9.17, 15) is 24.6 Å². The summed E-state index contributed by atoms with van der Waals surface area (Å²) in [4.78, 5) is 38.7. The molecule has 222 valence electrons. The van der Waals surface area contributed by atoms with Gasteiger partial charge < -0.3 is 29.9 Å². The van der Waals surface area contributed by atoms with Crippen LogP contribution in [0.3, 0.4) is 0 Å². The van der Waals surface area contributed by atoms with Crippen molar-refractivity contribution < 1.29 is 34.1 Å². The van der Waals surface area contributed by atoms with Crippen LogP contribution in [-0.2, 0) is 27.4 Å². The average Bonchev–Trinajstić information content (AvgIpc) is 2.99. The van der Waals surface area contributed by atoms with Crippen molar-refractivity contribution >= 4 is 23.7 Å². The summed E-state index contributed by atoms with van der Waals surface area (Å²) < 4.78 is 11.2. The number of hydrogen-bond acceptors (Lipinski definition) is 6. The second-order valence-electron chi connectivity index (χ2n) is 10.8. The molecule has 42 heavy (non-hydrogen) atoms. The fraction of sp³-hybridized carbons (Fsp3) is 0.364. The smallest absolute Gasteiger partial charge is 0.408 e. The summed E-state index contributed by atoms with van der Waals surface area (Å²) in [6.07, 6.45) is 1.76. The molecule has 0 radical (unpaired) electrons. The molecule has 4 rings (SSSR count). The molecule has 1 atom stereocenters. The lowest BCUT2D eigenvalue weighted by molar-refractivity contribution is -0.145. The number of fused-ring (bicyclic) bond motifs is 1. The fourth-order valence-corrected chi connectivity index (χ4v) is 4.97. The number of nitrogens with one attached hydrogen (secondary N) is 1. The first-order valence-electron chi connectivity index (χ1n) is 14.1. The number of hydrogen-bond donors (Lipinski definition) is 3. The number of ether oxygens (including phenoxy) is 2. The maximum Gasteiger partial charge on any atom is 0.408 e. The topological polar surface area (TPSA) is 125 Å². The lowest BCUT2D eigenvalue weighted by Crippen LogP contribution is -2.55. The predicted molar refractivity (Wildman–Crippen MR) is 160 cm³/mol. The highest BCUT2D eigenvalue weighted by Gasteiger charge is 2.34. The lowest BCUT2D eigenvalue weighted by atomic mass is 9.91. The molecular weight excluding hydrogens is 536 g/mol. The molecule has 0 saturated heterocycles. The van der Waals surface area contributed by atoms with Crippen LogP contribution in [0.4, 0.5) is 10.5 Å². The standard InChI is InChI=1S/C33H38N2O7/c1-22-9-4-15-29(23(22)2)41-18-8-16-30(37)35-17-7-13-27-26(12-6-14-28(27)35)25-11-5-10-24(19-25)20-42-32(40)34-33(3,21-36)31(38)39/h4-6,9-12,14-15,19,36H,7-8,13,16-18,20-21H2,1-3H3,(H,34,40)(H,38,39). The molecule has 3 aromatic carbocycles. The Kier molecular flexibility index (Phi) is 9.85. The van der Waals surface area contributed by atoms with Gasteiger partial charge in [-0.3, -0.25) is 4.79 Å². The van der Waals surface area contributed by atoms with Gasteiger partial charge in [0.25, 0.3) is 0 Å². The van der Waals surface area contributed by atoms with Crippen molar-refractivity contribution in [2.75, 3.05) is 24.7 Å². The van der Waals surface area contributed by atoms with Crippen molar-refractivity contribution in [1.82, 2.24) is 5.32 Å². The Balaban J connectivity index is 1.41. The van der Waals surface area contributed by atoms with Crippen molar-refractivity contribution in [2.24, 2.45) is 0 Å². The molecule has 9 heteroatoms. The number of carbonyl (C=O) groups is 3. The molecule has 0 spiro atoms. The number of amides is 2. The fourth-order valence-electron chi connectivity index (χ4n) is 4.97. The van der Waals surface area contributed by atoms with E-state index in [1.807, 2.05) is 66.4 Å². The Hall–Kier alpha value is -4.37. The minimum atomic E-state index is -1.83. The summed E-state index contributed by atoms with van der Waals surface area (Å²) in [5.41, 5.74) is 5.12. The van der Waals surface area contributed by atoms with Crippen LogP contribution < -0.4 is 15.0 Å². The molecule has 1 aliphatic heterocycles. The Morgan fingerprint density at radius 1 is 1.05 bits per heavy atom. The maximum atomic E-state index is 13.3. The lowest BCUT2D eigenvalue weighted by Gasteiger charge is -2.31. The summed E-state index contributed by atoms with van der Waals surface area (Å²) in [6, 6.07) is 19.5. The van der Waals surface area contributed by atoms with Gasteiger partial charge in [0.1, 0.15) is 12.4 Å². The number of rotatable bonds is 11. The number of aryl methyl sites for hydroxylation is 1. The number of nitrogens with zero attached hydrogens (tertiary/aromatic N) is 1. The number of alkyl carbamates (subject to hydrolysis) is 1. The van der Waals surface area contributed by atoms with Crippen molar-refractivity contribution in [3.05, 3.63) is 82.9 Å². The number of aliphatic hydroxyl groups is 1. The number of anilines is 1. The largest absolute Gasteiger partial charge is 0.493 e. The van der Waals surface area contributed by atoms with Crippen LogP contribution in [0.25, 0.3) is 11.1 Å². The first-order valence-corrected chi connectivity index (χ1v) is 14.1. The number of carbonyl (C=O) groups excluding carboxylic acids is 2. The zero-order valence-corrected chi connectivity index (χ0v) is 24.3. The van der Waals surface area contributed by atoms with Crippen molar-refractivity contribution in [1.29, 1.82) is 0 Å². The SMILES string of the molecule is Cc1cccc(OCCCC(=O)N2CCCc3c(-c4cccc(COC(=O)NC(C)(CO)C(=O)O)c4)cccc32)c1C. The first-order chi connectivity index (χ1) is 20.1. The summed E-state index contributed by atoms with van der Waals surface area (Å²) in [7, 11) is 0. The second kappa shape index (κ2) is 13.5. The summed E-state index contributed by atoms with van der Waals surface area (Å²) >= 11 is 0. The van der Waals surface area contributed by atoms with Gasteiger partial charge in [0.2, 0.25) is 5.91 Å². The molecule has 9 nitrogen and oxygen atoms in total. The minimum absolute atomic E-state index is 0.0714. The van der Waals surface area contributed by atoms with Gasteiger partial charge in [-0.25, -0.2) is 9.59 Å². The molecular formula is C33H38N2O7. The van der Waals surface area contributed by atoms with E-state index in [0.717, 1.165) is 46.5 Å². The van der Waals surface area contributed by atoms with Crippen LogP contribution in [0, 0.1) is 13.8 Å². The number of aliphatic hydroxyl groups excluding tert-OH is 1. The van der Waals surface area contributed by atoms with Gasteiger partial charge in [-0.05, 0) is 91.6 Å². The van der Waals surface area contributed by atoms with Crippen LogP contribution in [-0.4, -0.2) is 53.5 Å². The maximum absolute atomic E-state index is 13.3. The molecule has 0 saturated carbocycles. The molecule has 3 aromatic rings. The summed E-state index contributed by atoms with van der Waals surface area (Å²) in [5.74, 6) is -0.439. The molecule has 3 N–H and O–H groups in total. The van der Waals surface area contributed by atoms with Crippen molar-refractivity contribution in [3.8, 4) is 16.9 Å². The number of benzene rings is 3. The van der Waals surface area contributed by atoms with E-state index in [1.165, 1.54) is 12.5 Å². The van der Waals surface area contributed by atoms with E-state index in [4.69, 9.17) is 9.47 Å². The Morgan fingerprint density at radius 2 is 1.81 bits per heavy atom. The van der Waals surface area contributed by atoms with Crippen molar-refractivity contribution in [3.63, 3.8) is 0 Å². The molecule has 0 fully saturated rings. The molecule has 0 aromatic heterocycles. The third kappa shape index (κ3) is 7.09. The van der Waals surface area contributed by atoms with E-state index in [-0.39, 0.29) is 12.5 Å². The van der Waals surface area contributed by atoms with Gasteiger partial charge in [-0.2, -0.15) is 0 Å². The van der Waals surface area contributed by atoms with Gasteiger partial charge in [-0.15, -0.1) is 0 Å². The minimum Gasteiger partial charge on any atom is -0.493 e. The highest BCUT2D eigenvalue weighted by molar-refractivity contribution is 5.96. The second-order valence-corrected chi connectivity index (χ2v) is 10.8. The van der Waals surface area contributed by atoms with E-state index in [2.05, 4.69) is 18.3 Å². The van der Waals surface area contributed by atoms with Crippen LogP contribution in [0.5, 0.6) is 5.75 Å². The van der Waals surface area contributed by atoms with E-state index < -0.39 is 24.2 Å². The van der Waals surface area contributed by atoms with E-state index in [1.54, 1.807) is 0 Å².